The van der Waals surface area contributed by atoms with Gasteiger partial charge in [-0.05, 0) is 0 Å². The Morgan fingerprint density at radius 1 is 1.43 bits per heavy atom. The van der Waals surface area contributed by atoms with E-state index in [2.05, 4.69) is 0 Å². The van der Waals surface area contributed by atoms with Crippen LogP contribution in [0.15, 0.2) is 0 Å². The molecule has 2 radical (unpaired) electrons. The smallest absolute Gasteiger partial charge is 0.261 e. The van der Waals surface area contributed by atoms with Crippen molar-refractivity contribution in [1.29, 1.82) is 0 Å². The molecule has 52 valence electrons. The monoisotopic (exact) mass is 284 g/mol. The van der Waals surface area contributed by atoms with Crippen LogP contribution in [0.4, 0.5) is 4.70 Å². The van der Waals surface area contributed by atoms with Crippen molar-refractivity contribution in [3.63, 3.8) is 0 Å². The van der Waals surface area contributed by atoms with E-state index in [-0.39, 0.29) is 41.6 Å². The molecule has 0 rings (SSSR count). The zero-order valence-corrected chi connectivity index (χ0v) is 5.92. The predicted octanol–water partition coefficient (Wildman–Crippen LogP) is -0.0758. The van der Waals surface area contributed by atoms with Gasteiger partial charge in [0.1, 0.15) is 0 Å². The van der Waals surface area contributed by atoms with Crippen molar-refractivity contribution in [2.24, 2.45) is 0 Å². The van der Waals surface area contributed by atoms with E-state index in [1.54, 1.807) is 0 Å². The van der Waals surface area contributed by atoms with Crippen molar-refractivity contribution < 1.29 is 54.5 Å². The Morgan fingerprint density at radius 3 is 1.43 bits per heavy atom. The second-order valence-corrected chi connectivity index (χ2v) is 2.20. The quantitative estimate of drug-likeness (QED) is 0.633. The Hall–Kier alpha value is 1.07. The van der Waals surface area contributed by atoms with Gasteiger partial charge in [0.15, 0.2) is 0 Å². The van der Waals surface area contributed by atoms with Crippen molar-refractivity contribution in [2.75, 3.05) is 6.26 Å². The minimum atomic E-state index is -3.67. The van der Waals surface area contributed by atoms with Crippen LogP contribution in [-0.4, -0.2) is 19.2 Å². The van der Waals surface area contributed by atoms with E-state index in [1.165, 1.54) is 0 Å². The predicted molar refractivity (Wildman–Crippen MR) is 18.6 cm³/mol. The fraction of sp³-hybridized carbons (Fsp3) is 1.00. The molecule has 0 atom stereocenters. The van der Waals surface area contributed by atoms with Crippen LogP contribution in [0, 0.1) is 36.9 Å². The summed E-state index contributed by atoms with van der Waals surface area (Å²) in [5.41, 5.74) is 0. The molecular weight excluding hydrogens is 280 g/mol. The second-order valence-electron chi connectivity index (χ2n) is 0.733. The SMILES string of the molecule is CS(=O)(=O)O.[F].[Tm]. The summed E-state index contributed by atoms with van der Waals surface area (Å²) in [5, 5.41) is 0. The van der Waals surface area contributed by atoms with Gasteiger partial charge in [-0.1, -0.05) is 0 Å². The third-order valence-electron chi connectivity index (χ3n) is 0. The first kappa shape index (κ1) is 15.7. The molecule has 0 spiro atoms. The minimum Gasteiger partial charge on any atom is -0.286 e. The summed E-state index contributed by atoms with van der Waals surface area (Å²) in [6.45, 7) is 0. The molecule has 1 N–H and O–H groups in total. The first-order chi connectivity index (χ1) is 2.00. The van der Waals surface area contributed by atoms with Gasteiger partial charge < -0.3 is 0 Å². The molecule has 0 amide bonds. The van der Waals surface area contributed by atoms with Gasteiger partial charge in [-0.2, -0.15) is 8.42 Å². The topological polar surface area (TPSA) is 54.4 Å². The van der Waals surface area contributed by atoms with Gasteiger partial charge in [0.2, 0.25) is 0 Å². The van der Waals surface area contributed by atoms with Crippen molar-refractivity contribution in [2.45, 2.75) is 0 Å². The molecule has 0 unspecified atom stereocenters. The maximum absolute atomic E-state index is 9.19. The van der Waals surface area contributed by atoms with Gasteiger partial charge in [0, 0.05) is 41.6 Å². The summed E-state index contributed by atoms with van der Waals surface area (Å²) >= 11 is 0. The summed E-state index contributed by atoms with van der Waals surface area (Å²) in [6, 6.07) is 0. The number of halogens is 1. The molecule has 0 aromatic carbocycles. The van der Waals surface area contributed by atoms with Crippen molar-refractivity contribution >= 4 is 10.1 Å². The molecule has 7 heavy (non-hydrogen) atoms. The van der Waals surface area contributed by atoms with E-state index in [0.29, 0.717) is 6.26 Å². The number of hydrogen-bond acceptors (Lipinski definition) is 2. The summed E-state index contributed by atoms with van der Waals surface area (Å²) in [7, 11) is -3.67. The molecule has 0 saturated carbocycles. The Labute approximate surface area is 70.4 Å². The van der Waals surface area contributed by atoms with E-state index in [0.717, 1.165) is 0 Å². The maximum atomic E-state index is 9.19. The van der Waals surface area contributed by atoms with E-state index in [4.69, 9.17) is 4.55 Å². The zero-order chi connectivity index (χ0) is 4.50. The van der Waals surface area contributed by atoms with E-state index >= 15 is 0 Å². The van der Waals surface area contributed by atoms with E-state index in [1.807, 2.05) is 0 Å². The minimum absolute atomic E-state index is 0. The van der Waals surface area contributed by atoms with Crippen molar-refractivity contribution in [3.8, 4) is 0 Å². The zero-order valence-electron chi connectivity index (χ0n) is 3.33. The van der Waals surface area contributed by atoms with Crippen LogP contribution < -0.4 is 0 Å². The van der Waals surface area contributed by atoms with Crippen LogP contribution in [0.1, 0.15) is 0 Å². The summed E-state index contributed by atoms with van der Waals surface area (Å²) < 4.78 is 25.9. The molecule has 0 aromatic rings. The van der Waals surface area contributed by atoms with Gasteiger partial charge in [-0.25, -0.2) is 0 Å². The molecule has 0 bridgehead atoms. The Morgan fingerprint density at radius 2 is 1.43 bits per heavy atom. The van der Waals surface area contributed by atoms with Crippen LogP contribution in [-0.2, 0) is 10.1 Å². The van der Waals surface area contributed by atoms with Gasteiger partial charge in [-0.15, -0.1) is 0 Å². The summed E-state index contributed by atoms with van der Waals surface area (Å²) in [5.74, 6) is 0. The maximum Gasteiger partial charge on any atom is 0.261 e. The van der Waals surface area contributed by atoms with Crippen LogP contribution in [0.2, 0.25) is 0 Å². The largest absolute Gasteiger partial charge is 0.286 e. The van der Waals surface area contributed by atoms with Crippen LogP contribution in [0.25, 0.3) is 0 Å². The molecule has 0 saturated heterocycles. The molecule has 0 fully saturated rings. The fourth-order valence-corrected chi connectivity index (χ4v) is 0. The van der Waals surface area contributed by atoms with Gasteiger partial charge in [-0.3, -0.25) is 4.55 Å². The Balaban J connectivity index is -0.0000000800. The summed E-state index contributed by atoms with van der Waals surface area (Å²) in [4.78, 5) is 0. The van der Waals surface area contributed by atoms with E-state index in [9.17, 15) is 8.42 Å². The average Bonchev–Trinajstić information content (AvgIpc) is 0.722. The Kier molecular flexibility index (Phi) is 11.7. The summed E-state index contributed by atoms with van der Waals surface area (Å²) in [6.07, 6.45) is 0.715. The molecule has 0 aliphatic heterocycles. The van der Waals surface area contributed by atoms with Crippen LogP contribution in [0.3, 0.4) is 0 Å². The average molecular weight is 284 g/mol. The normalized spacial score (nSPS) is 8.29. The number of hydrogen-bond donors (Lipinski definition) is 1. The van der Waals surface area contributed by atoms with Crippen molar-refractivity contribution in [3.05, 3.63) is 0 Å². The third-order valence-corrected chi connectivity index (χ3v) is 0. The van der Waals surface area contributed by atoms with Crippen LogP contribution in [0.5, 0.6) is 0 Å². The first-order valence-electron chi connectivity index (χ1n) is 0.924. The molecular formula is CH4FO3STm. The van der Waals surface area contributed by atoms with Gasteiger partial charge >= 0.3 is 0 Å². The fourth-order valence-electron chi connectivity index (χ4n) is 0. The third kappa shape index (κ3) is 158. The molecule has 0 aromatic heterocycles. The molecule has 0 aliphatic rings. The molecule has 0 aliphatic carbocycles. The number of rotatable bonds is 0. The molecule has 0 heterocycles. The van der Waals surface area contributed by atoms with Crippen molar-refractivity contribution in [1.82, 2.24) is 0 Å². The van der Waals surface area contributed by atoms with Gasteiger partial charge in [0.25, 0.3) is 10.1 Å². The standard InChI is InChI=1S/CH4O3S.F.Tm/c1-5(2,3)4;;/h1H3,(H,2,3,4);;. The molecule has 6 heteroatoms. The second kappa shape index (κ2) is 5.22. The van der Waals surface area contributed by atoms with E-state index < -0.39 is 10.1 Å². The first-order valence-corrected chi connectivity index (χ1v) is 2.77. The Bertz CT molecular complexity index is 98.1. The van der Waals surface area contributed by atoms with Crippen LogP contribution >= 0.6 is 0 Å². The molecule has 3 nitrogen and oxygen atoms in total. The van der Waals surface area contributed by atoms with Gasteiger partial charge in [0.05, 0.1) is 6.26 Å².